The van der Waals surface area contributed by atoms with Crippen molar-refractivity contribution >= 4 is 17.6 Å². The fourth-order valence-corrected chi connectivity index (χ4v) is 7.70. The molecule has 140 valence electrons. The smallest absolute Gasteiger partial charge is 0.388 e. The van der Waals surface area contributed by atoms with E-state index in [0.29, 0.717) is 19.8 Å². The summed E-state index contributed by atoms with van der Waals surface area (Å²) in [7, 11) is -2.58. The van der Waals surface area contributed by atoms with Crippen LogP contribution in [0.2, 0.25) is 0 Å². The van der Waals surface area contributed by atoms with Gasteiger partial charge in [-0.05, 0) is 27.7 Å². The molecule has 2 N–H and O–H groups in total. The minimum atomic E-state index is -3.40. The van der Waals surface area contributed by atoms with E-state index < -0.39 is 28.6 Å². The maximum Gasteiger partial charge on any atom is 0.533 e. The SMILES string of the molecule is CCO[Si](OCC)(OCC)C(O)CC(C)(O)[Si](OC)(OC)OC. The summed E-state index contributed by atoms with van der Waals surface area (Å²) in [6.07, 6.45) is -0.124. The highest BCUT2D eigenvalue weighted by molar-refractivity contribution is 6.65. The van der Waals surface area contributed by atoms with Crippen LogP contribution in [0.15, 0.2) is 0 Å². The summed E-state index contributed by atoms with van der Waals surface area (Å²) in [5.74, 6) is 0. The third-order valence-electron chi connectivity index (χ3n) is 3.50. The monoisotopic (exact) mass is 372 g/mol. The Hall–Kier alpha value is 0.114. The third-order valence-corrected chi connectivity index (χ3v) is 9.73. The van der Waals surface area contributed by atoms with Crippen molar-refractivity contribution in [1.29, 1.82) is 0 Å². The molecule has 8 nitrogen and oxygen atoms in total. The highest BCUT2D eigenvalue weighted by Crippen LogP contribution is 2.31. The van der Waals surface area contributed by atoms with Gasteiger partial charge in [-0.15, -0.1) is 0 Å². The van der Waals surface area contributed by atoms with E-state index in [1.54, 1.807) is 20.8 Å². The summed E-state index contributed by atoms with van der Waals surface area (Å²) in [5.41, 5.74) is -1.15. The van der Waals surface area contributed by atoms with Crippen LogP contribution in [0.5, 0.6) is 0 Å². The van der Waals surface area contributed by atoms with Crippen LogP contribution in [0.25, 0.3) is 0 Å². The van der Waals surface area contributed by atoms with Crippen LogP contribution >= 0.6 is 0 Å². The van der Waals surface area contributed by atoms with Crippen LogP contribution in [-0.4, -0.2) is 79.9 Å². The summed E-state index contributed by atoms with van der Waals surface area (Å²) in [4.78, 5) is 0. The molecule has 0 aromatic rings. The predicted octanol–water partition coefficient (Wildman–Crippen LogP) is 0.493. The van der Waals surface area contributed by atoms with Gasteiger partial charge in [0.25, 0.3) is 0 Å². The average Bonchev–Trinajstić information content (AvgIpc) is 2.49. The second-order valence-electron chi connectivity index (χ2n) is 5.06. The molecular weight excluding hydrogens is 340 g/mol. The zero-order valence-corrected chi connectivity index (χ0v) is 17.2. The molecule has 10 heteroatoms. The van der Waals surface area contributed by atoms with Gasteiger partial charge in [0.05, 0.1) is 0 Å². The predicted molar refractivity (Wildman–Crippen MR) is 88.7 cm³/mol. The molecule has 0 fully saturated rings. The molecule has 0 aliphatic carbocycles. The number of aliphatic hydroxyl groups is 2. The van der Waals surface area contributed by atoms with Crippen molar-refractivity contribution in [3.05, 3.63) is 0 Å². The summed E-state index contributed by atoms with van der Waals surface area (Å²) >= 11 is 0. The molecule has 0 aromatic heterocycles. The first-order chi connectivity index (χ1) is 10.7. The Bertz CT molecular complexity index is 300. The van der Waals surface area contributed by atoms with E-state index in [1.165, 1.54) is 28.3 Å². The Morgan fingerprint density at radius 2 is 1.22 bits per heavy atom. The highest BCUT2D eigenvalue weighted by atomic mass is 28.4. The van der Waals surface area contributed by atoms with E-state index >= 15 is 0 Å². The van der Waals surface area contributed by atoms with Gasteiger partial charge in [-0.2, -0.15) is 0 Å². The largest absolute Gasteiger partial charge is 0.533 e. The second kappa shape index (κ2) is 10.2. The number of aliphatic hydroxyl groups excluding tert-OH is 1. The van der Waals surface area contributed by atoms with Gasteiger partial charge in [0, 0.05) is 47.6 Å². The number of rotatable bonds is 13. The van der Waals surface area contributed by atoms with Crippen molar-refractivity contribution < 1.29 is 36.8 Å². The van der Waals surface area contributed by atoms with Crippen LogP contribution in [0.1, 0.15) is 34.1 Å². The molecular formula is C13H32O8Si2. The molecule has 0 heterocycles. The molecule has 0 aliphatic heterocycles. The van der Waals surface area contributed by atoms with Gasteiger partial charge >= 0.3 is 17.6 Å². The Kier molecular flexibility index (Phi) is 10.2. The number of hydrogen-bond acceptors (Lipinski definition) is 8. The molecule has 2 atom stereocenters. The van der Waals surface area contributed by atoms with Crippen molar-refractivity contribution in [2.24, 2.45) is 0 Å². The molecule has 0 aliphatic rings. The highest BCUT2D eigenvalue weighted by Gasteiger charge is 2.61. The standard InChI is InChI=1S/C13H32O8Si2/c1-8-19-22(20-9-2,21-10-3)12(14)11-13(4,15)23(16-5,17-6)18-7/h12,14-15H,8-11H2,1-7H3. The lowest BCUT2D eigenvalue weighted by molar-refractivity contribution is -0.0354. The van der Waals surface area contributed by atoms with Crippen molar-refractivity contribution in [1.82, 2.24) is 0 Å². The van der Waals surface area contributed by atoms with E-state index in [1.807, 2.05) is 0 Å². The van der Waals surface area contributed by atoms with Crippen molar-refractivity contribution in [2.75, 3.05) is 41.2 Å². The van der Waals surface area contributed by atoms with Crippen LogP contribution in [0.4, 0.5) is 0 Å². The molecule has 23 heavy (non-hydrogen) atoms. The molecule has 0 spiro atoms. The second-order valence-corrected chi connectivity index (χ2v) is 11.2. The summed E-state index contributed by atoms with van der Waals surface area (Å²) in [6.45, 7) is 7.86. The minimum Gasteiger partial charge on any atom is -0.388 e. The van der Waals surface area contributed by atoms with Gasteiger partial charge in [-0.25, -0.2) is 0 Å². The lowest BCUT2D eigenvalue weighted by Gasteiger charge is -2.40. The maximum absolute atomic E-state index is 10.8. The first kappa shape index (κ1) is 23.1. The normalized spacial score (nSPS) is 17.1. The van der Waals surface area contributed by atoms with Gasteiger partial charge in [0.2, 0.25) is 0 Å². The molecule has 0 radical (unpaired) electrons. The fraction of sp³-hybridized carbons (Fsp3) is 1.00. The Labute approximate surface area is 141 Å². The van der Waals surface area contributed by atoms with Crippen LogP contribution in [-0.2, 0) is 26.6 Å². The minimum absolute atomic E-state index is 0.124. The van der Waals surface area contributed by atoms with E-state index in [0.717, 1.165) is 0 Å². The zero-order chi connectivity index (χ0) is 18.1. The van der Waals surface area contributed by atoms with Gasteiger partial charge in [-0.1, -0.05) is 0 Å². The summed E-state index contributed by atoms with van der Waals surface area (Å²) in [6, 6.07) is 0. The molecule has 0 saturated heterocycles. The molecule has 0 rings (SSSR count). The van der Waals surface area contributed by atoms with E-state index in [2.05, 4.69) is 0 Å². The first-order valence-corrected chi connectivity index (χ1v) is 11.2. The Morgan fingerprint density at radius 3 is 1.48 bits per heavy atom. The first-order valence-electron chi connectivity index (χ1n) is 7.72. The van der Waals surface area contributed by atoms with Crippen LogP contribution in [0.3, 0.4) is 0 Å². The average molecular weight is 373 g/mol. The summed E-state index contributed by atoms with van der Waals surface area (Å²) in [5, 5.41) is 20.0. The van der Waals surface area contributed by atoms with Gasteiger partial charge in [-0.3, -0.25) is 0 Å². The van der Waals surface area contributed by atoms with Gasteiger partial charge in [0.15, 0.2) is 0 Å². The molecule has 0 saturated carbocycles. The fourth-order valence-electron chi connectivity index (χ4n) is 2.55. The van der Waals surface area contributed by atoms with Crippen LogP contribution in [0, 0.1) is 0 Å². The quantitative estimate of drug-likeness (QED) is 0.451. The topological polar surface area (TPSA) is 95.8 Å². The van der Waals surface area contributed by atoms with E-state index in [4.69, 9.17) is 26.6 Å². The Morgan fingerprint density at radius 1 is 0.870 bits per heavy atom. The van der Waals surface area contributed by atoms with Crippen molar-refractivity contribution in [3.8, 4) is 0 Å². The van der Waals surface area contributed by atoms with Crippen LogP contribution < -0.4 is 0 Å². The summed E-state index contributed by atoms with van der Waals surface area (Å²) < 4.78 is 32.9. The van der Waals surface area contributed by atoms with Crippen molar-refractivity contribution in [2.45, 2.75) is 45.1 Å². The van der Waals surface area contributed by atoms with Crippen molar-refractivity contribution in [3.63, 3.8) is 0 Å². The van der Waals surface area contributed by atoms with Gasteiger partial charge < -0.3 is 36.8 Å². The molecule has 0 aromatic carbocycles. The number of hydrogen-bond donors (Lipinski definition) is 2. The third kappa shape index (κ3) is 5.29. The van der Waals surface area contributed by atoms with Gasteiger partial charge in [0.1, 0.15) is 11.0 Å². The molecule has 0 bridgehead atoms. The maximum atomic E-state index is 10.8. The lowest BCUT2D eigenvalue weighted by Crippen LogP contribution is -2.66. The van der Waals surface area contributed by atoms with E-state index in [-0.39, 0.29) is 6.42 Å². The zero-order valence-electron chi connectivity index (χ0n) is 15.2. The lowest BCUT2D eigenvalue weighted by atomic mass is 10.3. The molecule has 0 amide bonds. The molecule has 2 unspecified atom stereocenters. The van der Waals surface area contributed by atoms with E-state index in [9.17, 15) is 10.2 Å². The Balaban J connectivity index is 5.47.